The molecule has 0 fully saturated rings. The minimum Gasteiger partial charge on any atom is -0.496 e. The molecule has 0 atom stereocenters. The third kappa shape index (κ3) is 5.87. The molecule has 2 aromatic heterocycles. The fraction of sp³-hybridized carbons (Fsp3) is 0.308. The number of hydrogen-bond donors (Lipinski definition) is 2. The van der Waals surface area contributed by atoms with Gasteiger partial charge in [-0.1, -0.05) is 12.1 Å². The van der Waals surface area contributed by atoms with Crippen LogP contribution in [0, 0.1) is 6.92 Å². The predicted octanol–water partition coefficient (Wildman–Crippen LogP) is 4.38. The lowest BCUT2D eigenvalue weighted by Gasteiger charge is -2.20. The molecule has 0 aliphatic rings. The summed E-state index contributed by atoms with van der Waals surface area (Å²) in [6.07, 6.45) is 1.86. The summed E-state index contributed by atoms with van der Waals surface area (Å²) < 4.78 is 13.0. The Morgan fingerprint density at radius 1 is 1.11 bits per heavy atom. The van der Waals surface area contributed by atoms with Crippen molar-refractivity contribution in [3.8, 4) is 22.9 Å². The highest BCUT2D eigenvalue weighted by Gasteiger charge is 2.16. The number of nitrogens with zero attached hydrogens (tertiary/aromatic N) is 4. The van der Waals surface area contributed by atoms with E-state index in [9.17, 15) is 4.79 Å². The topological polar surface area (TPSA) is 103 Å². The zero-order valence-electron chi connectivity index (χ0n) is 20.8. The fourth-order valence-corrected chi connectivity index (χ4v) is 3.64. The van der Waals surface area contributed by atoms with E-state index in [0.29, 0.717) is 23.2 Å². The molecule has 0 saturated heterocycles. The summed E-state index contributed by atoms with van der Waals surface area (Å²) in [7, 11) is 3.50. The molecule has 0 aliphatic carbocycles. The first-order chi connectivity index (χ1) is 16.6. The molecule has 2 heterocycles. The second-order valence-corrected chi connectivity index (χ2v) is 9.35. The van der Waals surface area contributed by atoms with Gasteiger partial charge in [-0.05, 0) is 57.5 Å². The van der Waals surface area contributed by atoms with Gasteiger partial charge in [-0.25, -0.2) is 9.97 Å². The van der Waals surface area contributed by atoms with E-state index in [1.165, 1.54) is 0 Å². The van der Waals surface area contributed by atoms with Crippen LogP contribution in [0.25, 0.3) is 22.3 Å². The average molecular weight is 475 g/mol. The molecule has 35 heavy (non-hydrogen) atoms. The fourth-order valence-electron chi connectivity index (χ4n) is 3.64. The lowest BCUT2D eigenvalue weighted by atomic mass is 10.1. The van der Waals surface area contributed by atoms with Gasteiger partial charge in [0.1, 0.15) is 17.3 Å². The SMILES string of the molecule is COc1cc2c(Nc3ccn(C)n3)nc(-c3cccc(OCC(=O)NC(C)(C)C)c3)nc2cc1C. The molecule has 0 aliphatic heterocycles. The normalized spacial score (nSPS) is 11.4. The number of carbonyl (C=O) groups is 1. The molecule has 1 amide bonds. The van der Waals surface area contributed by atoms with E-state index in [2.05, 4.69) is 15.7 Å². The summed E-state index contributed by atoms with van der Waals surface area (Å²) in [6.45, 7) is 7.68. The highest BCUT2D eigenvalue weighted by Crippen LogP contribution is 2.32. The van der Waals surface area contributed by atoms with Crippen LogP contribution in [0.4, 0.5) is 11.6 Å². The van der Waals surface area contributed by atoms with E-state index in [1.54, 1.807) is 17.9 Å². The van der Waals surface area contributed by atoms with E-state index in [-0.39, 0.29) is 18.1 Å². The zero-order chi connectivity index (χ0) is 25.2. The van der Waals surface area contributed by atoms with Crippen LogP contribution in [-0.4, -0.2) is 44.9 Å². The Morgan fingerprint density at radius 2 is 1.91 bits per heavy atom. The van der Waals surface area contributed by atoms with Crippen LogP contribution in [0.1, 0.15) is 26.3 Å². The third-order valence-electron chi connectivity index (χ3n) is 5.15. The van der Waals surface area contributed by atoms with Gasteiger partial charge >= 0.3 is 0 Å². The van der Waals surface area contributed by atoms with Gasteiger partial charge in [0.05, 0.1) is 12.6 Å². The number of fused-ring (bicyclic) bond motifs is 1. The van der Waals surface area contributed by atoms with E-state index < -0.39 is 0 Å². The van der Waals surface area contributed by atoms with E-state index in [0.717, 1.165) is 27.8 Å². The molecule has 4 rings (SSSR count). The highest BCUT2D eigenvalue weighted by atomic mass is 16.5. The maximum absolute atomic E-state index is 12.2. The smallest absolute Gasteiger partial charge is 0.258 e. The standard InChI is InChI=1S/C26H30N6O3/c1-16-12-20-19(14-21(16)34-6)25(28-22-10-11-32(5)31-22)29-24(27-20)17-8-7-9-18(13-17)35-15-23(33)30-26(2,3)4/h7-14H,15H2,1-6H3,(H,30,33)(H,27,28,29,31). The minimum atomic E-state index is -0.320. The summed E-state index contributed by atoms with van der Waals surface area (Å²) in [6, 6.07) is 13.2. The number of ether oxygens (including phenoxy) is 2. The van der Waals surface area contributed by atoms with Gasteiger partial charge in [0.2, 0.25) is 0 Å². The number of carbonyl (C=O) groups excluding carboxylic acids is 1. The second kappa shape index (κ2) is 9.61. The van der Waals surface area contributed by atoms with Crippen LogP contribution >= 0.6 is 0 Å². The minimum absolute atomic E-state index is 0.0786. The number of amides is 1. The first kappa shape index (κ1) is 24.0. The summed E-state index contributed by atoms with van der Waals surface area (Å²) in [5.74, 6) is 2.92. The van der Waals surface area contributed by atoms with Gasteiger partial charge in [-0.3, -0.25) is 9.48 Å². The molecule has 0 unspecified atom stereocenters. The molecule has 2 aromatic carbocycles. The van der Waals surface area contributed by atoms with Crippen molar-refractivity contribution in [2.75, 3.05) is 19.0 Å². The monoisotopic (exact) mass is 474 g/mol. The molecular formula is C26H30N6O3. The lowest BCUT2D eigenvalue weighted by molar-refractivity contribution is -0.124. The molecule has 4 aromatic rings. The molecular weight excluding hydrogens is 444 g/mol. The zero-order valence-corrected chi connectivity index (χ0v) is 20.8. The average Bonchev–Trinajstić information content (AvgIpc) is 3.20. The van der Waals surface area contributed by atoms with Crippen LogP contribution in [0.5, 0.6) is 11.5 Å². The van der Waals surface area contributed by atoms with Crippen molar-refractivity contribution < 1.29 is 14.3 Å². The molecule has 0 bridgehead atoms. The molecule has 0 spiro atoms. The number of rotatable bonds is 7. The van der Waals surface area contributed by atoms with Crippen LogP contribution in [-0.2, 0) is 11.8 Å². The van der Waals surface area contributed by atoms with Crippen LogP contribution < -0.4 is 20.1 Å². The van der Waals surface area contributed by atoms with Crippen molar-refractivity contribution >= 4 is 28.4 Å². The van der Waals surface area contributed by atoms with Crippen molar-refractivity contribution in [3.05, 3.63) is 54.2 Å². The van der Waals surface area contributed by atoms with Crippen LogP contribution in [0.3, 0.4) is 0 Å². The van der Waals surface area contributed by atoms with Crippen LogP contribution in [0.2, 0.25) is 0 Å². The van der Waals surface area contributed by atoms with Gasteiger partial charge in [-0.2, -0.15) is 5.10 Å². The largest absolute Gasteiger partial charge is 0.496 e. The van der Waals surface area contributed by atoms with E-state index in [1.807, 2.05) is 77.3 Å². The van der Waals surface area contributed by atoms with Gasteiger partial charge < -0.3 is 20.1 Å². The highest BCUT2D eigenvalue weighted by molar-refractivity contribution is 5.93. The number of anilines is 2. The Hall–Kier alpha value is -4.14. The number of aromatic nitrogens is 4. The van der Waals surface area contributed by atoms with Gasteiger partial charge in [0.25, 0.3) is 5.91 Å². The van der Waals surface area contributed by atoms with E-state index >= 15 is 0 Å². The van der Waals surface area contributed by atoms with Gasteiger partial charge in [-0.15, -0.1) is 0 Å². The van der Waals surface area contributed by atoms with Crippen LogP contribution in [0.15, 0.2) is 48.7 Å². The maximum atomic E-state index is 12.2. The van der Waals surface area contributed by atoms with Gasteiger partial charge in [0, 0.05) is 35.8 Å². The summed E-state index contributed by atoms with van der Waals surface area (Å²) in [4.78, 5) is 21.8. The summed E-state index contributed by atoms with van der Waals surface area (Å²) in [5, 5.41) is 11.4. The van der Waals surface area contributed by atoms with Crippen molar-refractivity contribution in [1.29, 1.82) is 0 Å². The Balaban J connectivity index is 1.69. The first-order valence-electron chi connectivity index (χ1n) is 11.3. The van der Waals surface area contributed by atoms with Crippen molar-refractivity contribution in [1.82, 2.24) is 25.1 Å². The molecule has 9 nitrogen and oxygen atoms in total. The van der Waals surface area contributed by atoms with Crippen molar-refractivity contribution in [3.63, 3.8) is 0 Å². The Morgan fingerprint density at radius 3 is 2.60 bits per heavy atom. The Labute approximate surface area is 204 Å². The Kier molecular flexibility index (Phi) is 6.59. The number of methoxy groups -OCH3 is 1. The van der Waals surface area contributed by atoms with Crippen molar-refractivity contribution in [2.45, 2.75) is 33.2 Å². The first-order valence-corrected chi connectivity index (χ1v) is 11.3. The summed E-state index contributed by atoms with van der Waals surface area (Å²) in [5.41, 5.74) is 2.18. The summed E-state index contributed by atoms with van der Waals surface area (Å²) >= 11 is 0. The lowest BCUT2D eigenvalue weighted by Crippen LogP contribution is -2.43. The molecule has 0 radical (unpaired) electrons. The van der Waals surface area contributed by atoms with Gasteiger partial charge in [0.15, 0.2) is 18.2 Å². The molecule has 9 heteroatoms. The second-order valence-electron chi connectivity index (χ2n) is 9.35. The quantitative estimate of drug-likeness (QED) is 0.410. The van der Waals surface area contributed by atoms with Crippen molar-refractivity contribution in [2.24, 2.45) is 7.05 Å². The molecule has 182 valence electrons. The number of benzene rings is 2. The maximum Gasteiger partial charge on any atom is 0.258 e. The third-order valence-corrected chi connectivity index (χ3v) is 5.15. The number of hydrogen-bond acceptors (Lipinski definition) is 7. The Bertz CT molecular complexity index is 1370. The number of nitrogens with one attached hydrogen (secondary N) is 2. The molecule has 0 saturated carbocycles. The number of aryl methyl sites for hydroxylation is 2. The van der Waals surface area contributed by atoms with E-state index in [4.69, 9.17) is 19.4 Å². The molecule has 2 N–H and O–H groups in total. The predicted molar refractivity (Wildman–Crippen MR) is 136 cm³/mol.